The lowest BCUT2D eigenvalue weighted by Crippen LogP contribution is -2.49. The summed E-state index contributed by atoms with van der Waals surface area (Å²) in [5.74, 6) is 0.979. The molecule has 1 heterocycles. The Hall–Kier alpha value is -0.420. The number of ether oxygens (including phenoxy) is 1. The molecule has 0 spiro atoms. The number of amides is 2. The molecule has 5 heteroatoms. The smallest absolute Gasteiger partial charge is 0.317 e. The van der Waals surface area contributed by atoms with Crippen molar-refractivity contribution < 1.29 is 9.53 Å². The number of carbonyl (C=O) groups is 1. The SMILES string of the molecule is CCC(CSC)NC(=O)N1CCOCC1. The molecule has 1 rings (SSSR count). The number of urea groups is 1. The summed E-state index contributed by atoms with van der Waals surface area (Å²) in [6.07, 6.45) is 3.04. The molecule has 0 aromatic carbocycles. The van der Waals surface area contributed by atoms with Crippen molar-refractivity contribution in [3.8, 4) is 0 Å². The van der Waals surface area contributed by atoms with E-state index < -0.39 is 0 Å². The lowest BCUT2D eigenvalue weighted by Gasteiger charge is -2.28. The second kappa shape index (κ2) is 6.95. The summed E-state index contributed by atoms with van der Waals surface area (Å²) in [6, 6.07) is 0.342. The fourth-order valence-electron chi connectivity index (χ4n) is 1.50. The summed E-state index contributed by atoms with van der Waals surface area (Å²) in [5.41, 5.74) is 0. The topological polar surface area (TPSA) is 41.6 Å². The van der Waals surface area contributed by atoms with E-state index in [-0.39, 0.29) is 12.1 Å². The first-order chi connectivity index (χ1) is 7.27. The highest BCUT2D eigenvalue weighted by Crippen LogP contribution is 2.03. The first-order valence-corrected chi connectivity index (χ1v) is 6.79. The summed E-state index contributed by atoms with van der Waals surface area (Å²) in [6.45, 7) is 4.84. The molecule has 1 aliphatic heterocycles. The van der Waals surface area contributed by atoms with Gasteiger partial charge in [0.05, 0.1) is 13.2 Å². The van der Waals surface area contributed by atoms with E-state index >= 15 is 0 Å². The molecular formula is C10H20N2O2S. The van der Waals surface area contributed by atoms with Gasteiger partial charge in [-0.05, 0) is 12.7 Å². The molecule has 1 saturated heterocycles. The Balaban J connectivity index is 2.31. The van der Waals surface area contributed by atoms with Crippen LogP contribution < -0.4 is 5.32 Å². The van der Waals surface area contributed by atoms with E-state index in [9.17, 15) is 4.79 Å². The lowest BCUT2D eigenvalue weighted by atomic mass is 10.2. The minimum absolute atomic E-state index is 0.0548. The van der Waals surface area contributed by atoms with Crippen molar-refractivity contribution in [3.05, 3.63) is 0 Å². The maximum Gasteiger partial charge on any atom is 0.317 e. The Bertz CT molecular complexity index is 196. The summed E-state index contributed by atoms with van der Waals surface area (Å²) < 4.78 is 5.20. The number of carbonyl (C=O) groups excluding carboxylic acids is 1. The fourth-order valence-corrected chi connectivity index (χ4v) is 2.22. The average molecular weight is 232 g/mol. The van der Waals surface area contributed by atoms with E-state index in [1.807, 2.05) is 4.90 Å². The van der Waals surface area contributed by atoms with Gasteiger partial charge in [-0.1, -0.05) is 6.92 Å². The Morgan fingerprint density at radius 2 is 2.20 bits per heavy atom. The molecule has 0 radical (unpaired) electrons. The molecule has 1 atom stereocenters. The van der Waals surface area contributed by atoms with Gasteiger partial charge in [-0.2, -0.15) is 11.8 Å². The van der Waals surface area contributed by atoms with Crippen LogP contribution in [0.3, 0.4) is 0 Å². The maximum atomic E-state index is 11.8. The number of hydrogen-bond donors (Lipinski definition) is 1. The predicted octanol–water partition coefficient (Wildman–Crippen LogP) is 1.17. The molecule has 4 nitrogen and oxygen atoms in total. The lowest BCUT2D eigenvalue weighted by molar-refractivity contribution is 0.0526. The normalized spacial score (nSPS) is 18.7. The van der Waals surface area contributed by atoms with Crippen LogP contribution in [0.1, 0.15) is 13.3 Å². The van der Waals surface area contributed by atoms with Crippen LogP contribution in [0.2, 0.25) is 0 Å². The van der Waals surface area contributed by atoms with Gasteiger partial charge in [-0.3, -0.25) is 0 Å². The maximum absolute atomic E-state index is 11.8. The molecular weight excluding hydrogens is 212 g/mol. The fraction of sp³-hybridized carbons (Fsp3) is 0.900. The Labute approximate surface area is 95.7 Å². The molecule has 1 N–H and O–H groups in total. The summed E-state index contributed by atoms with van der Waals surface area (Å²) in [5, 5.41) is 3.05. The van der Waals surface area contributed by atoms with Crippen LogP contribution in [0.25, 0.3) is 0 Å². The Morgan fingerprint density at radius 1 is 1.53 bits per heavy atom. The second-order valence-electron chi connectivity index (χ2n) is 3.61. The zero-order valence-electron chi connectivity index (χ0n) is 9.49. The standard InChI is InChI=1S/C10H20N2O2S/c1-3-9(8-15-2)11-10(13)12-4-6-14-7-5-12/h9H,3-8H2,1-2H3,(H,11,13). The molecule has 0 bridgehead atoms. The number of rotatable bonds is 4. The summed E-state index contributed by atoms with van der Waals surface area (Å²) >= 11 is 1.77. The van der Waals surface area contributed by atoms with Gasteiger partial charge in [-0.15, -0.1) is 0 Å². The van der Waals surface area contributed by atoms with E-state index in [4.69, 9.17) is 4.74 Å². The van der Waals surface area contributed by atoms with Gasteiger partial charge in [0, 0.05) is 24.9 Å². The zero-order chi connectivity index (χ0) is 11.1. The quantitative estimate of drug-likeness (QED) is 0.791. The van der Waals surface area contributed by atoms with Gasteiger partial charge in [0.15, 0.2) is 0 Å². The zero-order valence-corrected chi connectivity index (χ0v) is 10.3. The van der Waals surface area contributed by atoms with E-state index in [2.05, 4.69) is 18.5 Å². The molecule has 0 saturated carbocycles. The largest absolute Gasteiger partial charge is 0.378 e. The van der Waals surface area contributed by atoms with Gasteiger partial charge in [-0.25, -0.2) is 4.79 Å². The number of morpholine rings is 1. The molecule has 15 heavy (non-hydrogen) atoms. The van der Waals surface area contributed by atoms with Crippen molar-refractivity contribution in [1.82, 2.24) is 10.2 Å². The van der Waals surface area contributed by atoms with Crippen molar-refractivity contribution >= 4 is 17.8 Å². The third kappa shape index (κ3) is 4.30. The molecule has 1 aliphatic rings. The molecule has 0 aliphatic carbocycles. The van der Waals surface area contributed by atoms with Crippen molar-refractivity contribution in [3.63, 3.8) is 0 Å². The Kier molecular flexibility index (Phi) is 5.86. The highest BCUT2D eigenvalue weighted by molar-refractivity contribution is 7.98. The third-order valence-corrected chi connectivity index (χ3v) is 3.22. The first-order valence-electron chi connectivity index (χ1n) is 5.40. The van der Waals surface area contributed by atoms with Crippen LogP contribution in [-0.4, -0.2) is 55.3 Å². The summed E-state index contributed by atoms with van der Waals surface area (Å²) in [4.78, 5) is 13.6. The van der Waals surface area contributed by atoms with Gasteiger partial charge < -0.3 is 15.0 Å². The van der Waals surface area contributed by atoms with Gasteiger partial charge in [0.25, 0.3) is 0 Å². The van der Waals surface area contributed by atoms with Crippen LogP contribution >= 0.6 is 11.8 Å². The van der Waals surface area contributed by atoms with Crippen LogP contribution in [0, 0.1) is 0 Å². The molecule has 2 amide bonds. The molecule has 1 unspecified atom stereocenters. The number of hydrogen-bond acceptors (Lipinski definition) is 3. The minimum Gasteiger partial charge on any atom is -0.378 e. The van der Waals surface area contributed by atoms with E-state index in [1.54, 1.807) is 11.8 Å². The number of nitrogens with one attached hydrogen (secondary N) is 1. The van der Waals surface area contributed by atoms with E-state index in [1.165, 1.54) is 0 Å². The van der Waals surface area contributed by atoms with Crippen LogP contribution in [0.5, 0.6) is 0 Å². The average Bonchev–Trinajstić information content (AvgIpc) is 2.29. The highest BCUT2D eigenvalue weighted by Gasteiger charge is 2.18. The third-order valence-electron chi connectivity index (χ3n) is 2.49. The van der Waals surface area contributed by atoms with Crippen molar-refractivity contribution in [2.75, 3.05) is 38.3 Å². The monoisotopic (exact) mass is 232 g/mol. The molecule has 1 fully saturated rings. The van der Waals surface area contributed by atoms with Gasteiger partial charge >= 0.3 is 6.03 Å². The predicted molar refractivity (Wildman–Crippen MR) is 63.4 cm³/mol. The van der Waals surface area contributed by atoms with E-state index in [0.29, 0.717) is 26.3 Å². The van der Waals surface area contributed by atoms with Crippen LogP contribution in [0.4, 0.5) is 4.79 Å². The van der Waals surface area contributed by atoms with Crippen molar-refractivity contribution in [1.29, 1.82) is 0 Å². The number of nitrogens with zero attached hydrogens (tertiary/aromatic N) is 1. The van der Waals surface area contributed by atoms with E-state index in [0.717, 1.165) is 12.2 Å². The summed E-state index contributed by atoms with van der Waals surface area (Å²) in [7, 11) is 0. The second-order valence-corrected chi connectivity index (χ2v) is 4.52. The Morgan fingerprint density at radius 3 is 2.73 bits per heavy atom. The highest BCUT2D eigenvalue weighted by atomic mass is 32.2. The molecule has 88 valence electrons. The number of thioether (sulfide) groups is 1. The van der Waals surface area contributed by atoms with Crippen molar-refractivity contribution in [2.24, 2.45) is 0 Å². The molecule has 0 aromatic heterocycles. The van der Waals surface area contributed by atoms with Crippen LogP contribution in [-0.2, 0) is 4.74 Å². The van der Waals surface area contributed by atoms with Crippen LogP contribution in [0.15, 0.2) is 0 Å². The minimum atomic E-state index is 0.0548. The first kappa shape index (κ1) is 12.6. The molecule has 0 aromatic rings. The van der Waals surface area contributed by atoms with Crippen molar-refractivity contribution in [2.45, 2.75) is 19.4 Å². The van der Waals surface area contributed by atoms with Gasteiger partial charge in [0.2, 0.25) is 0 Å². The van der Waals surface area contributed by atoms with Gasteiger partial charge in [0.1, 0.15) is 0 Å².